The molecular formula is C17H16F3N3O3. The Bertz CT molecular complexity index is 794. The number of halogens is 3. The molecule has 0 bridgehead atoms. The van der Waals surface area contributed by atoms with Crippen molar-refractivity contribution in [1.82, 2.24) is 10.3 Å². The van der Waals surface area contributed by atoms with Crippen molar-refractivity contribution in [3.63, 3.8) is 0 Å². The number of aromatic nitrogens is 1. The van der Waals surface area contributed by atoms with Crippen molar-refractivity contribution in [3.05, 3.63) is 59.4 Å². The molecule has 0 saturated heterocycles. The van der Waals surface area contributed by atoms with Crippen molar-refractivity contribution >= 4 is 17.5 Å². The van der Waals surface area contributed by atoms with Crippen LogP contribution in [0.25, 0.3) is 0 Å². The molecule has 26 heavy (non-hydrogen) atoms. The van der Waals surface area contributed by atoms with Crippen LogP contribution in [0.15, 0.2) is 42.6 Å². The molecule has 0 aliphatic rings. The molecular weight excluding hydrogens is 351 g/mol. The zero-order valence-corrected chi connectivity index (χ0v) is 13.8. The first-order valence-electron chi connectivity index (χ1n) is 7.53. The summed E-state index contributed by atoms with van der Waals surface area (Å²) in [7, 11) is 1.49. The maximum atomic E-state index is 13.0. The number of amides is 2. The summed E-state index contributed by atoms with van der Waals surface area (Å²) in [6.45, 7) is 0.594. The van der Waals surface area contributed by atoms with Gasteiger partial charge in [-0.05, 0) is 24.3 Å². The minimum absolute atomic E-state index is 0.158. The van der Waals surface area contributed by atoms with Gasteiger partial charge in [-0.2, -0.15) is 13.2 Å². The van der Waals surface area contributed by atoms with Gasteiger partial charge in [0.2, 0.25) is 0 Å². The Balaban J connectivity index is 2.16. The molecule has 0 aliphatic carbocycles. The van der Waals surface area contributed by atoms with E-state index in [1.807, 2.05) is 0 Å². The highest BCUT2D eigenvalue weighted by molar-refractivity contribution is 6.05. The Labute approximate surface area is 147 Å². The number of rotatable bonds is 6. The van der Waals surface area contributed by atoms with Gasteiger partial charge >= 0.3 is 6.18 Å². The number of carbonyl (C=O) groups excluding carboxylic acids is 2. The third-order valence-electron chi connectivity index (χ3n) is 3.33. The minimum Gasteiger partial charge on any atom is -0.383 e. The quantitative estimate of drug-likeness (QED) is 0.770. The fraction of sp³-hybridized carbons (Fsp3) is 0.235. The Kier molecular flexibility index (Phi) is 6.29. The average Bonchev–Trinajstić information content (AvgIpc) is 2.61. The molecule has 0 spiro atoms. The molecule has 1 heterocycles. The fourth-order valence-electron chi connectivity index (χ4n) is 2.09. The second-order valence-corrected chi connectivity index (χ2v) is 5.18. The van der Waals surface area contributed by atoms with Crippen LogP contribution in [0.2, 0.25) is 0 Å². The first-order valence-corrected chi connectivity index (χ1v) is 7.53. The lowest BCUT2D eigenvalue weighted by Crippen LogP contribution is -2.27. The number of hydrogen-bond acceptors (Lipinski definition) is 4. The zero-order valence-electron chi connectivity index (χ0n) is 13.8. The molecule has 9 heteroatoms. The smallest absolute Gasteiger partial charge is 0.383 e. The normalized spacial score (nSPS) is 11.1. The Morgan fingerprint density at radius 2 is 1.88 bits per heavy atom. The molecule has 2 amide bonds. The van der Waals surface area contributed by atoms with Gasteiger partial charge in [-0.3, -0.25) is 14.6 Å². The molecule has 6 nitrogen and oxygen atoms in total. The number of methoxy groups -OCH3 is 1. The van der Waals surface area contributed by atoms with Crippen LogP contribution in [0.5, 0.6) is 0 Å². The lowest BCUT2D eigenvalue weighted by Gasteiger charge is -2.13. The Morgan fingerprint density at radius 1 is 1.15 bits per heavy atom. The lowest BCUT2D eigenvalue weighted by atomic mass is 10.1. The van der Waals surface area contributed by atoms with Crippen LogP contribution in [0.1, 0.15) is 26.4 Å². The second-order valence-electron chi connectivity index (χ2n) is 5.18. The maximum Gasteiger partial charge on any atom is 0.418 e. The molecule has 1 aromatic carbocycles. The van der Waals surface area contributed by atoms with Gasteiger partial charge in [-0.1, -0.05) is 12.1 Å². The topological polar surface area (TPSA) is 80.3 Å². The van der Waals surface area contributed by atoms with Crippen LogP contribution in [-0.2, 0) is 10.9 Å². The molecule has 2 N–H and O–H groups in total. The van der Waals surface area contributed by atoms with Crippen LogP contribution in [0, 0.1) is 0 Å². The standard InChI is InChI=1S/C17H16F3N3O3/c1-26-9-8-22-15(24)11-6-7-21-14(10-11)16(25)23-13-5-3-2-4-12(13)17(18,19)20/h2-7,10H,8-9H2,1H3,(H,22,24)(H,23,25). The highest BCUT2D eigenvalue weighted by Crippen LogP contribution is 2.34. The van der Waals surface area contributed by atoms with E-state index in [-0.39, 0.29) is 23.5 Å². The summed E-state index contributed by atoms with van der Waals surface area (Å²) in [4.78, 5) is 28.0. The van der Waals surface area contributed by atoms with Crippen LogP contribution < -0.4 is 10.6 Å². The summed E-state index contributed by atoms with van der Waals surface area (Å²) in [6.07, 6.45) is -3.38. The van der Waals surface area contributed by atoms with Gasteiger partial charge in [-0.25, -0.2) is 0 Å². The van der Waals surface area contributed by atoms with Gasteiger partial charge in [0.05, 0.1) is 17.9 Å². The molecule has 138 valence electrons. The van der Waals surface area contributed by atoms with E-state index in [2.05, 4.69) is 15.6 Å². The van der Waals surface area contributed by atoms with E-state index in [4.69, 9.17) is 4.74 Å². The van der Waals surface area contributed by atoms with Crippen LogP contribution in [0.4, 0.5) is 18.9 Å². The number of benzene rings is 1. The molecule has 2 rings (SSSR count). The zero-order chi connectivity index (χ0) is 19.2. The van der Waals surface area contributed by atoms with Crippen LogP contribution in [-0.4, -0.2) is 37.1 Å². The summed E-state index contributed by atoms with van der Waals surface area (Å²) in [5, 5.41) is 4.75. The fourth-order valence-corrected chi connectivity index (χ4v) is 2.09. The monoisotopic (exact) mass is 367 g/mol. The average molecular weight is 367 g/mol. The number of ether oxygens (including phenoxy) is 1. The van der Waals surface area contributed by atoms with E-state index >= 15 is 0 Å². The SMILES string of the molecule is COCCNC(=O)c1ccnc(C(=O)Nc2ccccc2C(F)(F)F)c1. The van der Waals surface area contributed by atoms with Gasteiger partial charge in [0, 0.05) is 25.4 Å². The van der Waals surface area contributed by atoms with Crippen LogP contribution in [0.3, 0.4) is 0 Å². The van der Waals surface area contributed by atoms with Gasteiger partial charge in [-0.15, -0.1) is 0 Å². The third-order valence-corrected chi connectivity index (χ3v) is 3.33. The maximum absolute atomic E-state index is 13.0. The van der Waals surface area contributed by atoms with E-state index in [0.29, 0.717) is 6.61 Å². The predicted octanol–water partition coefficient (Wildman–Crippen LogP) is 2.73. The number of para-hydroxylation sites is 1. The molecule has 0 atom stereocenters. The summed E-state index contributed by atoms with van der Waals surface area (Å²) in [6, 6.07) is 7.20. The van der Waals surface area contributed by atoms with Crippen molar-refractivity contribution in [2.24, 2.45) is 0 Å². The van der Waals surface area contributed by atoms with Gasteiger partial charge in [0.25, 0.3) is 11.8 Å². The number of nitrogens with one attached hydrogen (secondary N) is 2. The molecule has 0 unspecified atom stereocenters. The van der Waals surface area contributed by atoms with E-state index < -0.39 is 23.6 Å². The Morgan fingerprint density at radius 3 is 2.58 bits per heavy atom. The Hall–Kier alpha value is -2.94. The van der Waals surface area contributed by atoms with Crippen molar-refractivity contribution in [1.29, 1.82) is 0 Å². The highest BCUT2D eigenvalue weighted by Gasteiger charge is 2.33. The molecule has 0 fully saturated rings. The minimum atomic E-state index is -4.61. The lowest BCUT2D eigenvalue weighted by molar-refractivity contribution is -0.136. The molecule has 0 radical (unpaired) electrons. The van der Waals surface area contributed by atoms with Gasteiger partial charge in [0.1, 0.15) is 5.69 Å². The highest BCUT2D eigenvalue weighted by atomic mass is 19.4. The molecule has 0 saturated carbocycles. The number of pyridine rings is 1. The third kappa shape index (κ3) is 5.03. The van der Waals surface area contributed by atoms with Crippen molar-refractivity contribution < 1.29 is 27.5 Å². The summed E-state index contributed by atoms with van der Waals surface area (Å²) >= 11 is 0. The van der Waals surface area contributed by atoms with Gasteiger partial charge < -0.3 is 15.4 Å². The summed E-state index contributed by atoms with van der Waals surface area (Å²) in [5.41, 5.74) is -1.38. The number of hydrogen-bond donors (Lipinski definition) is 2. The molecule has 1 aromatic heterocycles. The number of anilines is 1. The van der Waals surface area contributed by atoms with Crippen molar-refractivity contribution in [2.75, 3.05) is 25.6 Å². The second kappa shape index (κ2) is 8.43. The molecule has 2 aromatic rings. The van der Waals surface area contributed by atoms with Crippen LogP contribution >= 0.6 is 0 Å². The number of nitrogens with zero attached hydrogens (tertiary/aromatic N) is 1. The first-order chi connectivity index (χ1) is 12.3. The van der Waals surface area contributed by atoms with Gasteiger partial charge in [0.15, 0.2) is 0 Å². The number of carbonyl (C=O) groups is 2. The van der Waals surface area contributed by atoms with E-state index in [1.54, 1.807) is 0 Å². The van der Waals surface area contributed by atoms with E-state index in [1.165, 1.54) is 37.6 Å². The predicted molar refractivity (Wildman–Crippen MR) is 87.8 cm³/mol. The summed E-state index contributed by atoms with van der Waals surface area (Å²) in [5.74, 6) is -1.30. The largest absolute Gasteiger partial charge is 0.418 e. The summed E-state index contributed by atoms with van der Waals surface area (Å²) < 4.78 is 43.8. The number of alkyl halides is 3. The first kappa shape index (κ1) is 19.4. The van der Waals surface area contributed by atoms with E-state index in [9.17, 15) is 22.8 Å². The van der Waals surface area contributed by atoms with Crippen molar-refractivity contribution in [2.45, 2.75) is 6.18 Å². The van der Waals surface area contributed by atoms with Crippen molar-refractivity contribution in [3.8, 4) is 0 Å². The molecule has 0 aliphatic heterocycles. The van der Waals surface area contributed by atoms with E-state index in [0.717, 1.165) is 12.1 Å².